The summed E-state index contributed by atoms with van der Waals surface area (Å²) >= 11 is 0. The van der Waals surface area contributed by atoms with Crippen molar-refractivity contribution >= 4 is 30.1 Å². The van der Waals surface area contributed by atoms with E-state index in [0.29, 0.717) is 12.5 Å². The molecule has 8 heteroatoms. The average Bonchev–Trinajstić information content (AvgIpc) is 3.29. The lowest BCUT2D eigenvalue weighted by Crippen LogP contribution is -2.38. The van der Waals surface area contributed by atoms with E-state index in [9.17, 15) is 14.4 Å². The van der Waals surface area contributed by atoms with E-state index in [1.54, 1.807) is 0 Å². The first-order chi connectivity index (χ1) is 12.1. The number of hydrogen-bond acceptors (Lipinski definition) is 5. The second-order valence-corrected chi connectivity index (χ2v) is 7.77. The van der Waals surface area contributed by atoms with Crippen LogP contribution in [0.5, 0.6) is 0 Å². The highest BCUT2D eigenvalue weighted by Crippen LogP contribution is 2.48. The molecule has 5 unspecified atom stereocenters. The Labute approximate surface area is 160 Å². The molecule has 4 rings (SSSR count). The normalized spacial score (nSPS) is 35.4. The van der Waals surface area contributed by atoms with Gasteiger partial charge in [-0.25, -0.2) is 0 Å². The molecule has 2 N–H and O–H groups in total. The lowest BCUT2D eigenvalue weighted by molar-refractivity contribution is -0.142. The Morgan fingerprint density at radius 1 is 1.15 bits per heavy atom. The summed E-state index contributed by atoms with van der Waals surface area (Å²) in [6.07, 6.45) is 5.15. The van der Waals surface area contributed by atoms with Crippen LogP contribution in [0, 0.1) is 17.8 Å². The Kier molecular flexibility index (Phi) is 6.20. The third-order valence-corrected chi connectivity index (χ3v) is 6.21. The first-order valence-corrected chi connectivity index (χ1v) is 9.63. The van der Waals surface area contributed by atoms with E-state index in [4.69, 9.17) is 4.74 Å². The van der Waals surface area contributed by atoms with E-state index in [1.807, 2.05) is 0 Å². The average molecular weight is 386 g/mol. The lowest BCUT2D eigenvalue weighted by Gasteiger charge is -2.22. The van der Waals surface area contributed by atoms with Crippen molar-refractivity contribution in [2.24, 2.45) is 17.8 Å². The van der Waals surface area contributed by atoms with E-state index < -0.39 is 0 Å². The molecule has 7 nitrogen and oxygen atoms in total. The van der Waals surface area contributed by atoms with Gasteiger partial charge in [0.05, 0.1) is 24.0 Å². The summed E-state index contributed by atoms with van der Waals surface area (Å²) in [5.74, 6) is -0.320. The number of amides is 3. The minimum absolute atomic E-state index is 0. The van der Waals surface area contributed by atoms with Crippen LogP contribution in [0.1, 0.15) is 38.5 Å². The molecule has 5 atom stereocenters. The molecule has 4 heterocycles. The van der Waals surface area contributed by atoms with Crippen molar-refractivity contribution in [3.63, 3.8) is 0 Å². The quantitative estimate of drug-likeness (QED) is 0.649. The number of likely N-dealkylation sites (tertiary alicyclic amines) is 1. The summed E-state index contributed by atoms with van der Waals surface area (Å²) in [6.45, 7) is 2.98. The van der Waals surface area contributed by atoms with Crippen LogP contribution in [0.2, 0.25) is 0 Å². The molecular weight excluding hydrogens is 358 g/mol. The van der Waals surface area contributed by atoms with Gasteiger partial charge in [0, 0.05) is 19.5 Å². The maximum atomic E-state index is 12.5. The summed E-state index contributed by atoms with van der Waals surface area (Å²) < 4.78 is 5.71. The van der Waals surface area contributed by atoms with E-state index in [-0.39, 0.29) is 67.1 Å². The zero-order chi connectivity index (χ0) is 17.4. The van der Waals surface area contributed by atoms with E-state index in [0.717, 1.165) is 32.4 Å². The molecule has 3 amide bonds. The number of halogens is 1. The van der Waals surface area contributed by atoms with Crippen molar-refractivity contribution in [2.75, 3.05) is 26.2 Å². The van der Waals surface area contributed by atoms with Crippen molar-refractivity contribution in [3.8, 4) is 0 Å². The highest BCUT2D eigenvalue weighted by molar-refractivity contribution is 6.06. The van der Waals surface area contributed by atoms with Gasteiger partial charge < -0.3 is 15.4 Å². The van der Waals surface area contributed by atoms with Crippen molar-refractivity contribution in [1.29, 1.82) is 0 Å². The smallest absolute Gasteiger partial charge is 0.235 e. The summed E-state index contributed by atoms with van der Waals surface area (Å²) in [4.78, 5) is 38.4. The number of carbonyl (C=O) groups excluding carboxylic acids is 3. The van der Waals surface area contributed by atoms with Gasteiger partial charge in [0.15, 0.2) is 0 Å². The van der Waals surface area contributed by atoms with E-state index in [2.05, 4.69) is 10.6 Å². The van der Waals surface area contributed by atoms with Crippen molar-refractivity contribution < 1.29 is 19.1 Å². The Bertz CT molecular complexity index is 539. The second-order valence-electron chi connectivity index (χ2n) is 7.77. The van der Waals surface area contributed by atoms with Crippen molar-refractivity contribution in [3.05, 3.63) is 0 Å². The highest BCUT2D eigenvalue weighted by atomic mass is 35.5. The predicted octanol–water partition coefficient (Wildman–Crippen LogP) is 0.467. The number of imide groups is 1. The minimum Gasteiger partial charge on any atom is -0.373 e. The molecule has 2 bridgehead atoms. The number of rotatable bonds is 6. The molecule has 0 spiro atoms. The van der Waals surface area contributed by atoms with Crippen LogP contribution in [0.3, 0.4) is 0 Å². The Morgan fingerprint density at radius 3 is 2.46 bits per heavy atom. The van der Waals surface area contributed by atoms with Gasteiger partial charge in [-0.2, -0.15) is 0 Å². The summed E-state index contributed by atoms with van der Waals surface area (Å²) in [6, 6.07) is 0. The summed E-state index contributed by atoms with van der Waals surface area (Å²) in [7, 11) is 0. The number of fused-ring (bicyclic) bond motifs is 5. The van der Waals surface area contributed by atoms with E-state index in [1.165, 1.54) is 17.7 Å². The molecule has 4 fully saturated rings. The molecule has 26 heavy (non-hydrogen) atoms. The largest absolute Gasteiger partial charge is 0.373 e. The van der Waals surface area contributed by atoms with Crippen LogP contribution in [0.25, 0.3) is 0 Å². The van der Waals surface area contributed by atoms with Gasteiger partial charge in [0.2, 0.25) is 17.7 Å². The fraction of sp³-hybridized carbons (Fsp3) is 0.833. The van der Waals surface area contributed by atoms with Gasteiger partial charge in [0.1, 0.15) is 0 Å². The van der Waals surface area contributed by atoms with Gasteiger partial charge in [-0.15, -0.1) is 12.4 Å². The third kappa shape index (κ3) is 3.62. The van der Waals surface area contributed by atoms with Crippen LogP contribution < -0.4 is 10.6 Å². The first kappa shape index (κ1) is 19.6. The standard InChI is InChI=1S/C18H27N3O4.ClH/c22-14(20-8-5-11-2-1-7-19-10-11)6-9-21-17(23)15-12-3-4-13(25-12)16(15)18(21)24;/h11-13,15-16,19H,1-10H2,(H,20,22);1H. The predicted molar refractivity (Wildman–Crippen MR) is 96.7 cm³/mol. The topological polar surface area (TPSA) is 87.7 Å². The Hall–Kier alpha value is -1.18. The molecule has 4 saturated heterocycles. The molecule has 4 aliphatic rings. The van der Waals surface area contributed by atoms with Gasteiger partial charge >= 0.3 is 0 Å². The summed E-state index contributed by atoms with van der Waals surface area (Å²) in [5.41, 5.74) is 0. The molecule has 0 aromatic heterocycles. The maximum absolute atomic E-state index is 12.5. The van der Waals surface area contributed by atoms with Crippen LogP contribution in [0.4, 0.5) is 0 Å². The van der Waals surface area contributed by atoms with Crippen LogP contribution >= 0.6 is 12.4 Å². The third-order valence-electron chi connectivity index (χ3n) is 6.21. The van der Waals surface area contributed by atoms with Gasteiger partial charge in [0.25, 0.3) is 0 Å². The molecule has 0 aromatic rings. The number of piperidine rings is 1. The Balaban J connectivity index is 0.00000196. The number of nitrogens with zero attached hydrogens (tertiary/aromatic N) is 1. The monoisotopic (exact) mass is 385 g/mol. The van der Waals surface area contributed by atoms with Gasteiger partial charge in [-0.3, -0.25) is 19.3 Å². The zero-order valence-electron chi connectivity index (χ0n) is 14.9. The van der Waals surface area contributed by atoms with Gasteiger partial charge in [-0.05, 0) is 51.1 Å². The number of nitrogens with one attached hydrogen (secondary N) is 2. The molecule has 0 aromatic carbocycles. The number of hydrogen-bond donors (Lipinski definition) is 2. The lowest BCUT2D eigenvalue weighted by atomic mass is 9.81. The minimum atomic E-state index is -0.298. The fourth-order valence-electron chi connectivity index (χ4n) is 4.88. The molecule has 0 saturated carbocycles. The van der Waals surface area contributed by atoms with Crippen LogP contribution in [-0.2, 0) is 19.1 Å². The molecule has 4 aliphatic heterocycles. The molecule has 146 valence electrons. The van der Waals surface area contributed by atoms with Crippen LogP contribution in [0.15, 0.2) is 0 Å². The molecular formula is C18H28ClN3O4. The first-order valence-electron chi connectivity index (χ1n) is 9.63. The zero-order valence-corrected chi connectivity index (χ0v) is 15.8. The maximum Gasteiger partial charge on any atom is 0.235 e. The molecule has 0 aliphatic carbocycles. The summed E-state index contributed by atoms with van der Waals surface area (Å²) in [5, 5.41) is 6.29. The van der Waals surface area contributed by atoms with E-state index >= 15 is 0 Å². The SMILES string of the molecule is Cl.O=C(CCN1C(=O)C2C3CCC(O3)C2C1=O)NCCC1CCCNC1. The van der Waals surface area contributed by atoms with Gasteiger partial charge in [-0.1, -0.05) is 0 Å². The number of carbonyl (C=O) groups is 3. The number of ether oxygens (including phenoxy) is 1. The highest BCUT2D eigenvalue weighted by Gasteiger charge is 2.62. The fourth-order valence-corrected chi connectivity index (χ4v) is 4.88. The Morgan fingerprint density at radius 2 is 1.85 bits per heavy atom. The van der Waals surface area contributed by atoms with Crippen molar-refractivity contribution in [1.82, 2.24) is 15.5 Å². The van der Waals surface area contributed by atoms with Crippen LogP contribution in [-0.4, -0.2) is 61.0 Å². The molecule has 0 radical (unpaired) electrons. The van der Waals surface area contributed by atoms with Crippen molar-refractivity contribution in [2.45, 2.75) is 50.7 Å². The second kappa shape index (κ2) is 8.23.